The number of nitrogens with zero attached hydrogens (tertiary/aromatic N) is 1. The first kappa shape index (κ1) is 19.9. The largest absolute Gasteiger partial charge is 0.492 e. The van der Waals surface area contributed by atoms with Crippen LogP contribution in [0.5, 0.6) is 5.75 Å². The lowest BCUT2D eigenvalue weighted by Gasteiger charge is -2.14. The van der Waals surface area contributed by atoms with E-state index in [1.54, 1.807) is 12.1 Å². The molecular formula is C20H22N2O5S. The van der Waals surface area contributed by atoms with Gasteiger partial charge >= 0.3 is 0 Å². The highest BCUT2D eigenvalue weighted by molar-refractivity contribution is 7.90. The number of hydrogen-bond acceptors (Lipinski definition) is 5. The van der Waals surface area contributed by atoms with Crippen molar-refractivity contribution in [1.82, 2.24) is 9.62 Å². The second-order valence-corrected chi connectivity index (χ2v) is 8.32. The van der Waals surface area contributed by atoms with Crippen LogP contribution in [0, 0.1) is 6.92 Å². The van der Waals surface area contributed by atoms with Crippen LogP contribution in [0.15, 0.2) is 53.4 Å². The maximum atomic E-state index is 12.4. The number of fused-ring (bicyclic) bond motifs is 1. The van der Waals surface area contributed by atoms with Gasteiger partial charge in [-0.15, -0.1) is 0 Å². The minimum atomic E-state index is -3.82. The van der Waals surface area contributed by atoms with Gasteiger partial charge in [0.15, 0.2) is 0 Å². The second kappa shape index (κ2) is 8.43. The SMILES string of the molecule is Cc1ccc(OCCNC(=O)CCCN2C(=O)c3ccccc3S2(=O)=O)cc1. The predicted octanol–water partition coefficient (Wildman–Crippen LogP) is 2.11. The van der Waals surface area contributed by atoms with Crippen LogP contribution in [0.4, 0.5) is 0 Å². The molecule has 3 rings (SSSR count). The van der Waals surface area contributed by atoms with Gasteiger partial charge in [0.05, 0.1) is 12.1 Å². The Morgan fingerprint density at radius 1 is 1.11 bits per heavy atom. The van der Waals surface area contributed by atoms with Gasteiger partial charge in [-0.3, -0.25) is 9.59 Å². The Morgan fingerprint density at radius 2 is 1.82 bits per heavy atom. The standard InChI is InChI=1S/C20H22N2O5S/c1-15-8-10-16(11-9-15)27-14-12-21-19(23)7-4-13-22-20(24)17-5-2-3-6-18(17)28(22,25)26/h2-3,5-6,8-11H,4,7,12-14H2,1H3,(H,21,23). The number of carbonyl (C=O) groups excluding carboxylic acids is 2. The van der Waals surface area contributed by atoms with Crippen LogP contribution in [0.2, 0.25) is 0 Å². The van der Waals surface area contributed by atoms with Crippen LogP contribution in [0.3, 0.4) is 0 Å². The van der Waals surface area contributed by atoms with E-state index in [1.807, 2.05) is 31.2 Å². The number of ether oxygens (including phenoxy) is 1. The Labute approximate surface area is 164 Å². The summed E-state index contributed by atoms with van der Waals surface area (Å²) < 4.78 is 31.2. The van der Waals surface area contributed by atoms with Crippen molar-refractivity contribution in [2.45, 2.75) is 24.7 Å². The molecule has 2 aromatic rings. The van der Waals surface area contributed by atoms with Gasteiger partial charge in [-0.1, -0.05) is 29.8 Å². The van der Waals surface area contributed by atoms with E-state index in [0.717, 1.165) is 15.6 Å². The van der Waals surface area contributed by atoms with Crippen molar-refractivity contribution in [2.75, 3.05) is 19.7 Å². The molecule has 0 radical (unpaired) electrons. The van der Waals surface area contributed by atoms with Crippen molar-refractivity contribution in [1.29, 1.82) is 0 Å². The van der Waals surface area contributed by atoms with Crippen LogP contribution >= 0.6 is 0 Å². The topological polar surface area (TPSA) is 92.8 Å². The van der Waals surface area contributed by atoms with Crippen LogP contribution in [-0.4, -0.2) is 44.2 Å². The molecule has 1 aliphatic rings. The Morgan fingerprint density at radius 3 is 2.54 bits per heavy atom. The Hall–Kier alpha value is -2.87. The normalized spacial score (nSPS) is 14.6. The van der Waals surface area contributed by atoms with E-state index >= 15 is 0 Å². The average Bonchev–Trinajstić information content (AvgIpc) is 2.87. The van der Waals surface area contributed by atoms with Gasteiger partial charge in [0.1, 0.15) is 17.3 Å². The summed E-state index contributed by atoms with van der Waals surface area (Å²) in [5, 5.41) is 2.72. The number of carbonyl (C=O) groups is 2. The third-order valence-corrected chi connectivity index (χ3v) is 6.23. The molecule has 0 saturated carbocycles. The minimum absolute atomic E-state index is 0.0247. The molecule has 0 unspecified atom stereocenters. The highest BCUT2D eigenvalue weighted by atomic mass is 32.2. The summed E-state index contributed by atoms with van der Waals surface area (Å²) >= 11 is 0. The maximum Gasteiger partial charge on any atom is 0.269 e. The second-order valence-electron chi connectivity index (χ2n) is 6.49. The van der Waals surface area contributed by atoms with Gasteiger partial charge in [-0.25, -0.2) is 12.7 Å². The molecule has 0 aliphatic carbocycles. The van der Waals surface area contributed by atoms with Crippen LogP contribution < -0.4 is 10.1 Å². The summed E-state index contributed by atoms with van der Waals surface area (Å²) in [6.07, 6.45) is 0.379. The highest BCUT2D eigenvalue weighted by Crippen LogP contribution is 2.29. The van der Waals surface area contributed by atoms with Gasteiger partial charge in [-0.05, 0) is 37.6 Å². The summed E-state index contributed by atoms with van der Waals surface area (Å²) in [7, 11) is -3.82. The van der Waals surface area contributed by atoms with E-state index in [-0.39, 0.29) is 35.8 Å². The zero-order valence-corrected chi connectivity index (χ0v) is 16.4. The molecule has 7 nitrogen and oxygen atoms in total. The first-order valence-electron chi connectivity index (χ1n) is 9.02. The Balaban J connectivity index is 1.40. The van der Waals surface area contributed by atoms with E-state index in [2.05, 4.69) is 5.32 Å². The molecule has 8 heteroatoms. The maximum absolute atomic E-state index is 12.4. The molecular weight excluding hydrogens is 380 g/mol. The van der Waals surface area contributed by atoms with Crippen molar-refractivity contribution in [2.24, 2.45) is 0 Å². The fourth-order valence-corrected chi connectivity index (χ4v) is 4.52. The number of aryl methyl sites for hydroxylation is 1. The summed E-state index contributed by atoms with van der Waals surface area (Å²) in [6, 6.07) is 13.7. The lowest BCUT2D eigenvalue weighted by molar-refractivity contribution is -0.121. The molecule has 0 bridgehead atoms. The first-order chi connectivity index (χ1) is 13.4. The fourth-order valence-electron chi connectivity index (χ4n) is 2.92. The van der Waals surface area contributed by atoms with E-state index in [9.17, 15) is 18.0 Å². The van der Waals surface area contributed by atoms with Gasteiger partial charge < -0.3 is 10.1 Å². The van der Waals surface area contributed by atoms with Gasteiger partial charge in [0.2, 0.25) is 5.91 Å². The van der Waals surface area contributed by atoms with Gasteiger partial charge in [0, 0.05) is 13.0 Å². The third kappa shape index (κ3) is 4.33. The zero-order valence-electron chi connectivity index (χ0n) is 15.6. The Bertz CT molecular complexity index is 970. The molecule has 1 N–H and O–H groups in total. The van der Waals surface area contributed by atoms with E-state index < -0.39 is 15.9 Å². The fraction of sp³-hybridized carbons (Fsp3) is 0.300. The third-order valence-electron chi connectivity index (χ3n) is 4.39. The number of sulfonamides is 1. The van der Waals surface area contributed by atoms with E-state index in [4.69, 9.17) is 4.74 Å². The van der Waals surface area contributed by atoms with Crippen molar-refractivity contribution < 1.29 is 22.7 Å². The quantitative estimate of drug-likeness (QED) is 0.683. The van der Waals surface area contributed by atoms with Gasteiger partial charge in [0.25, 0.3) is 15.9 Å². The van der Waals surface area contributed by atoms with Crippen LogP contribution in [0.25, 0.3) is 0 Å². The molecule has 1 heterocycles. The lowest BCUT2D eigenvalue weighted by Crippen LogP contribution is -2.33. The summed E-state index contributed by atoms with van der Waals surface area (Å²) in [6.45, 7) is 2.65. The molecule has 0 spiro atoms. The number of nitrogens with one attached hydrogen (secondary N) is 1. The number of rotatable bonds is 8. The summed E-state index contributed by atoms with van der Waals surface area (Å²) in [4.78, 5) is 24.2. The number of hydrogen-bond donors (Lipinski definition) is 1. The predicted molar refractivity (Wildman–Crippen MR) is 104 cm³/mol. The average molecular weight is 402 g/mol. The minimum Gasteiger partial charge on any atom is -0.492 e. The van der Waals surface area contributed by atoms with Crippen LogP contribution in [-0.2, 0) is 14.8 Å². The van der Waals surface area contributed by atoms with Crippen molar-refractivity contribution >= 4 is 21.8 Å². The van der Waals surface area contributed by atoms with E-state index in [0.29, 0.717) is 13.2 Å². The van der Waals surface area contributed by atoms with Crippen molar-refractivity contribution in [3.05, 3.63) is 59.7 Å². The number of benzene rings is 2. The van der Waals surface area contributed by atoms with Crippen LogP contribution in [0.1, 0.15) is 28.8 Å². The molecule has 1 aliphatic heterocycles. The van der Waals surface area contributed by atoms with Crippen molar-refractivity contribution in [3.8, 4) is 5.75 Å². The molecule has 0 fully saturated rings. The Kier molecular flexibility index (Phi) is 5.99. The molecule has 28 heavy (non-hydrogen) atoms. The molecule has 2 aromatic carbocycles. The molecule has 0 atom stereocenters. The molecule has 2 amide bonds. The van der Waals surface area contributed by atoms with Gasteiger partial charge in [-0.2, -0.15) is 0 Å². The van der Waals surface area contributed by atoms with E-state index in [1.165, 1.54) is 12.1 Å². The molecule has 0 aromatic heterocycles. The lowest BCUT2D eigenvalue weighted by atomic mass is 10.2. The summed E-state index contributed by atoms with van der Waals surface area (Å²) in [5.74, 6) is -0.0197. The highest BCUT2D eigenvalue weighted by Gasteiger charge is 2.40. The first-order valence-corrected chi connectivity index (χ1v) is 10.5. The smallest absolute Gasteiger partial charge is 0.269 e. The van der Waals surface area contributed by atoms with Crippen molar-refractivity contribution in [3.63, 3.8) is 0 Å². The molecule has 148 valence electrons. The molecule has 0 saturated heterocycles. The number of amides is 2. The zero-order chi connectivity index (χ0) is 20.1. The monoisotopic (exact) mass is 402 g/mol. The summed E-state index contributed by atoms with van der Waals surface area (Å²) in [5.41, 5.74) is 1.32.